The molecule has 0 amide bonds. The lowest BCUT2D eigenvalue weighted by Crippen LogP contribution is -2.41. The average Bonchev–Trinajstić information content (AvgIpc) is 2.46. The predicted octanol–water partition coefficient (Wildman–Crippen LogP) is 4.67. The molecule has 1 saturated heterocycles. The molecule has 0 radical (unpaired) electrons. The molecular formula is C18H35NO. The van der Waals surface area contributed by atoms with E-state index in [1.807, 2.05) is 0 Å². The predicted molar refractivity (Wildman–Crippen MR) is 86.1 cm³/mol. The van der Waals surface area contributed by atoms with Crippen molar-refractivity contribution in [3.63, 3.8) is 0 Å². The highest BCUT2D eigenvalue weighted by atomic mass is 16.5. The molecule has 1 aliphatic carbocycles. The fraction of sp³-hybridized carbons (Fsp3) is 1.00. The summed E-state index contributed by atoms with van der Waals surface area (Å²) in [7, 11) is 0. The van der Waals surface area contributed by atoms with Gasteiger partial charge in [0.1, 0.15) is 0 Å². The smallest absolute Gasteiger partial charge is 0.0685 e. The summed E-state index contributed by atoms with van der Waals surface area (Å²) >= 11 is 0. The zero-order valence-electron chi connectivity index (χ0n) is 13.8. The highest BCUT2D eigenvalue weighted by Crippen LogP contribution is 2.41. The van der Waals surface area contributed by atoms with Crippen LogP contribution in [0.3, 0.4) is 0 Å². The van der Waals surface area contributed by atoms with Gasteiger partial charge in [-0.05, 0) is 57.4 Å². The van der Waals surface area contributed by atoms with E-state index in [4.69, 9.17) is 4.74 Å². The summed E-state index contributed by atoms with van der Waals surface area (Å²) in [5.41, 5.74) is 0.291. The Labute approximate surface area is 126 Å². The second-order valence-electron chi connectivity index (χ2n) is 7.07. The second kappa shape index (κ2) is 8.38. The summed E-state index contributed by atoms with van der Waals surface area (Å²) in [5.74, 6) is 0.917. The van der Waals surface area contributed by atoms with E-state index in [-0.39, 0.29) is 0 Å². The monoisotopic (exact) mass is 281 g/mol. The molecular weight excluding hydrogens is 246 g/mol. The molecule has 2 rings (SSSR count). The molecule has 0 bridgehead atoms. The van der Waals surface area contributed by atoms with Gasteiger partial charge in [0.2, 0.25) is 0 Å². The molecule has 1 heterocycles. The molecule has 118 valence electrons. The van der Waals surface area contributed by atoms with E-state index in [2.05, 4.69) is 19.2 Å². The van der Waals surface area contributed by atoms with E-state index in [9.17, 15) is 0 Å². The largest absolute Gasteiger partial charge is 0.375 e. The topological polar surface area (TPSA) is 21.3 Å². The van der Waals surface area contributed by atoms with Crippen molar-refractivity contribution >= 4 is 0 Å². The first-order chi connectivity index (χ1) is 9.78. The Hall–Kier alpha value is -0.0800. The van der Waals surface area contributed by atoms with Gasteiger partial charge in [0.15, 0.2) is 0 Å². The number of nitrogens with one attached hydrogen (secondary N) is 1. The number of ether oxygens (including phenoxy) is 1. The Balaban J connectivity index is 1.77. The minimum Gasteiger partial charge on any atom is -0.375 e. The van der Waals surface area contributed by atoms with Gasteiger partial charge >= 0.3 is 0 Å². The van der Waals surface area contributed by atoms with Gasteiger partial charge in [-0.3, -0.25) is 0 Å². The van der Waals surface area contributed by atoms with Crippen molar-refractivity contribution in [1.29, 1.82) is 0 Å². The van der Waals surface area contributed by atoms with Crippen LogP contribution >= 0.6 is 0 Å². The zero-order valence-corrected chi connectivity index (χ0v) is 13.8. The summed E-state index contributed by atoms with van der Waals surface area (Å²) in [5, 5.41) is 3.66. The highest BCUT2D eigenvalue weighted by molar-refractivity contribution is 4.89. The lowest BCUT2D eigenvalue weighted by molar-refractivity contribution is -0.118. The second-order valence-corrected chi connectivity index (χ2v) is 7.07. The quantitative estimate of drug-likeness (QED) is 0.732. The standard InChI is InChI=1S/C18H35NO/c1-3-8-17(19-4-2)10-9-16-11-14-20-18(15-16)12-6-5-7-13-18/h16-17,19H,3-15H2,1-2H3. The molecule has 1 saturated carbocycles. The van der Waals surface area contributed by atoms with Gasteiger partial charge in [0.05, 0.1) is 5.60 Å². The first-order valence-corrected chi connectivity index (χ1v) is 9.15. The van der Waals surface area contributed by atoms with Crippen LogP contribution in [0.25, 0.3) is 0 Å². The normalized spacial score (nSPS) is 27.6. The molecule has 0 aromatic heterocycles. The van der Waals surface area contributed by atoms with E-state index < -0.39 is 0 Å². The van der Waals surface area contributed by atoms with Crippen molar-refractivity contribution in [2.45, 2.75) is 96.1 Å². The molecule has 2 aliphatic rings. The zero-order chi connectivity index (χ0) is 14.3. The van der Waals surface area contributed by atoms with Crippen molar-refractivity contribution in [1.82, 2.24) is 5.32 Å². The number of hydrogen-bond donors (Lipinski definition) is 1. The Morgan fingerprint density at radius 3 is 2.65 bits per heavy atom. The maximum atomic E-state index is 6.22. The summed E-state index contributed by atoms with van der Waals surface area (Å²) in [6.07, 6.45) is 14.9. The van der Waals surface area contributed by atoms with Gasteiger partial charge < -0.3 is 10.1 Å². The van der Waals surface area contributed by atoms with Crippen LogP contribution in [-0.2, 0) is 4.74 Å². The van der Waals surface area contributed by atoms with E-state index in [0.29, 0.717) is 5.60 Å². The van der Waals surface area contributed by atoms with Crippen LogP contribution in [-0.4, -0.2) is 24.8 Å². The summed E-state index contributed by atoms with van der Waals surface area (Å²) in [6.45, 7) is 6.66. The summed E-state index contributed by atoms with van der Waals surface area (Å²) < 4.78 is 6.22. The van der Waals surface area contributed by atoms with Crippen LogP contribution in [0.1, 0.15) is 84.5 Å². The van der Waals surface area contributed by atoms with Crippen LogP contribution < -0.4 is 5.32 Å². The van der Waals surface area contributed by atoms with Crippen molar-refractivity contribution in [2.24, 2.45) is 5.92 Å². The van der Waals surface area contributed by atoms with E-state index in [0.717, 1.165) is 25.1 Å². The lowest BCUT2D eigenvalue weighted by Gasteiger charge is -2.44. The fourth-order valence-corrected chi connectivity index (χ4v) is 4.34. The van der Waals surface area contributed by atoms with E-state index in [1.165, 1.54) is 70.6 Å². The third kappa shape index (κ3) is 4.73. The molecule has 0 aromatic rings. The molecule has 1 N–H and O–H groups in total. The van der Waals surface area contributed by atoms with Crippen molar-refractivity contribution in [3.8, 4) is 0 Å². The third-order valence-corrected chi connectivity index (χ3v) is 5.41. The molecule has 2 unspecified atom stereocenters. The fourth-order valence-electron chi connectivity index (χ4n) is 4.34. The van der Waals surface area contributed by atoms with Gasteiger partial charge in [-0.15, -0.1) is 0 Å². The van der Waals surface area contributed by atoms with Crippen molar-refractivity contribution < 1.29 is 4.74 Å². The molecule has 2 atom stereocenters. The molecule has 1 spiro atoms. The minimum absolute atomic E-state index is 0.291. The minimum atomic E-state index is 0.291. The van der Waals surface area contributed by atoms with Crippen molar-refractivity contribution in [3.05, 3.63) is 0 Å². The van der Waals surface area contributed by atoms with Gasteiger partial charge in [-0.1, -0.05) is 39.5 Å². The maximum absolute atomic E-state index is 6.22. The maximum Gasteiger partial charge on any atom is 0.0685 e. The number of rotatable bonds is 7. The highest BCUT2D eigenvalue weighted by Gasteiger charge is 2.38. The van der Waals surface area contributed by atoms with Gasteiger partial charge in [0.25, 0.3) is 0 Å². The molecule has 2 heteroatoms. The number of hydrogen-bond acceptors (Lipinski definition) is 2. The molecule has 2 nitrogen and oxygen atoms in total. The van der Waals surface area contributed by atoms with E-state index in [1.54, 1.807) is 0 Å². The third-order valence-electron chi connectivity index (χ3n) is 5.41. The first-order valence-electron chi connectivity index (χ1n) is 9.15. The van der Waals surface area contributed by atoms with Crippen LogP contribution in [0.2, 0.25) is 0 Å². The van der Waals surface area contributed by atoms with Crippen LogP contribution in [0.5, 0.6) is 0 Å². The molecule has 1 aliphatic heterocycles. The Bertz CT molecular complexity index is 249. The molecule has 2 fully saturated rings. The SMILES string of the molecule is CCCC(CCC1CCOC2(CCCCC2)C1)NCC. The Morgan fingerprint density at radius 2 is 1.95 bits per heavy atom. The lowest BCUT2D eigenvalue weighted by atomic mass is 9.74. The Morgan fingerprint density at radius 1 is 1.15 bits per heavy atom. The van der Waals surface area contributed by atoms with Gasteiger partial charge in [-0.25, -0.2) is 0 Å². The molecule has 0 aromatic carbocycles. The molecule has 20 heavy (non-hydrogen) atoms. The van der Waals surface area contributed by atoms with Crippen LogP contribution in [0.15, 0.2) is 0 Å². The van der Waals surface area contributed by atoms with Gasteiger partial charge in [0, 0.05) is 12.6 Å². The van der Waals surface area contributed by atoms with E-state index >= 15 is 0 Å². The summed E-state index contributed by atoms with van der Waals surface area (Å²) in [4.78, 5) is 0. The Kier molecular flexibility index (Phi) is 6.83. The summed E-state index contributed by atoms with van der Waals surface area (Å²) in [6, 6.07) is 0.746. The van der Waals surface area contributed by atoms with Crippen LogP contribution in [0.4, 0.5) is 0 Å². The van der Waals surface area contributed by atoms with Crippen molar-refractivity contribution in [2.75, 3.05) is 13.2 Å². The average molecular weight is 281 g/mol. The van der Waals surface area contributed by atoms with Gasteiger partial charge in [-0.2, -0.15) is 0 Å². The van der Waals surface area contributed by atoms with Crippen LogP contribution in [0, 0.1) is 5.92 Å². The first kappa shape index (κ1) is 16.3.